The second-order valence-electron chi connectivity index (χ2n) is 8.09. The Morgan fingerprint density at radius 3 is 2.06 bits per heavy atom. The van der Waals surface area contributed by atoms with Gasteiger partial charge >= 0.3 is 0 Å². The van der Waals surface area contributed by atoms with Crippen molar-refractivity contribution in [3.05, 3.63) is 105 Å². The van der Waals surface area contributed by atoms with E-state index in [-0.39, 0.29) is 11.8 Å². The Balaban J connectivity index is 1.80. The average molecular weight is 428 g/mol. The first-order valence-corrected chi connectivity index (χ1v) is 11.3. The van der Waals surface area contributed by atoms with Crippen molar-refractivity contribution in [2.45, 2.75) is 33.4 Å². The molecule has 0 N–H and O–H groups in total. The number of hydrogen-bond acceptors (Lipinski definition) is 3. The van der Waals surface area contributed by atoms with Gasteiger partial charge in [0.25, 0.3) is 11.8 Å². The third-order valence-electron chi connectivity index (χ3n) is 5.38. The molecule has 156 valence electrons. The first-order valence-electron chi connectivity index (χ1n) is 10.3. The second-order valence-corrected chi connectivity index (χ2v) is 9.07. The average Bonchev–Trinajstić information content (AvgIpc) is 2.96. The normalized spacial score (nSPS) is 14.0. The minimum absolute atomic E-state index is 0.245. The molecule has 4 heteroatoms. The van der Waals surface area contributed by atoms with Gasteiger partial charge in [0, 0.05) is 5.75 Å². The van der Waals surface area contributed by atoms with E-state index in [0.717, 1.165) is 33.4 Å². The third-order valence-corrected chi connectivity index (χ3v) is 6.53. The Kier molecular flexibility index (Phi) is 5.84. The summed E-state index contributed by atoms with van der Waals surface area (Å²) in [7, 11) is 0. The fourth-order valence-electron chi connectivity index (χ4n) is 4.02. The number of aryl methyl sites for hydroxylation is 4. The SMILES string of the molecule is Cc1cc(C)cc(N2C(=O)C(SCc3ccccc3)=C(c3ccc(C)cc3C)C2=O)c1. The Hall–Kier alpha value is -3.11. The Bertz CT molecular complexity index is 1190. The lowest BCUT2D eigenvalue weighted by Crippen LogP contribution is -2.31. The number of benzene rings is 3. The number of imide groups is 1. The molecule has 0 saturated carbocycles. The molecule has 1 aliphatic rings. The highest BCUT2D eigenvalue weighted by Crippen LogP contribution is 2.40. The van der Waals surface area contributed by atoms with Gasteiger partial charge in [0.1, 0.15) is 0 Å². The fourth-order valence-corrected chi connectivity index (χ4v) is 5.08. The predicted molar refractivity (Wildman–Crippen MR) is 129 cm³/mol. The largest absolute Gasteiger partial charge is 0.272 e. The maximum Gasteiger partial charge on any atom is 0.272 e. The summed E-state index contributed by atoms with van der Waals surface area (Å²) in [5, 5.41) is 0. The van der Waals surface area contributed by atoms with Crippen LogP contribution in [0.1, 0.15) is 33.4 Å². The van der Waals surface area contributed by atoms with Crippen molar-refractivity contribution in [1.82, 2.24) is 0 Å². The molecule has 31 heavy (non-hydrogen) atoms. The lowest BCUT2D eigenvalue weighted by atomic mass is 9.98. The van der Waals surface area contributed by atoms with E-state index < -0.39 is 0 Å². The van der Waals surface area contributed by atoms with E-state index in [2.05, 4.69) is 6.07 Å². The number of nitrogens with zero attached hydrogens (tertiary/aromatic N) is 1. The molecule has 1 aliphatic heterocycles. The van der Waals surface area contributed by atoms with Crippen molar-refractivity contribution in [3.63, 3.8) is 0 Å². The topological polar surface area (TPSA) is 37.4 Å². The highest BCUT2D eigenvalue weighted by molar-refractivity contribution is 8.03. The van der Waals surface area contributed by atoms with Crippen LogP contribution in [0.2, 0.25) is 0 Å². The van der Waals surface area contributed by atoms with Gasteiger partial charge in [-0.2, -0.15) is 0 Å². The number of thioether (sulfide) groups is 1. The number of carbonyl (C=O) groups excluding carboxylic acids is 2. The van der Waals surface area contributed by atoms with Crippen LogP contribution in [0, 0.1) is 27.7 Å². The van der Waals surface area contributed by atoms with Crippen LogP contribution in [0.4, 0.5) is 5.69 Å². The van der Waals surface area contributed by atoms with E-state index in [0.29, 0.717) is 21.9 Å². The molecular formula is C27H25NO2S. The number of amides is 2. The van der Waals surface area contributed by atoms with Crippen molar-refractivity contribution in [2.24, 2.45) is 0 Å². The molecule has 3 aromatic rings. The van der Waals surface area contributed by atoms with Gasteiger partial charge in [-0.15, -0.1) is 11.8 Å². The fraction of sp³-hybridized carbons (Fsp3) is 0.185. The van der Waals surface area contributed by atoms with E-state index in [4.69, 9.17) is 0 Å². The molecule has 1 heterocycles. The second kappa shape index (κ2) is 8.56. The van der Waals surface area contributed by atoms with E-state index in [1.165, 1.54) is 16.7 Å². The molecule has 0 atom stereocenters. The van der Waals surface area contributed by atoms with Crippen LogP contribution in [0.25, 0.3) is 5.57 Å². The van der Waals surface area contributed by atoms with Gasteiger partial charge in [-0.1, -0.05) is 60.2 Å². The number of hydrogen-bond donors (Lipinski definition) is 0. The van der Waals surface area contributed by atoms with Crippen LogP contribution in [-0.2, 0) is 15.3 Å². The Labute approximate surface area is 187 Å². The van der Waals surface area contributed by atoms with Crippen molar-refractivity contribution >= 4 is 34.8 Å². The lowest BCUT2D eigenvalue weighted by molar-refractivity contribution is -0.119. The number of anilines is 1. The summed E-state index contributed by atoms with van der Waals surface area (Å²) in [5.41, 5.74) is 7.24. The molecule has 0 radical (unpaired) electrons. The summed E-state index contributed by atoms with van der Waals surface area (Å²) in [6.07, 6.45) is 0. The zero-order chi connectivity index (χ0) is 22.1. The van der Waals surface area contributed by atoms with Crippen LogP contribution in [0.5, 0.6) is 0 Å². The monoisotopic (exact) mass is 427 g/mol. The number of carbonyl (C=O) groups is 2. The van der Waals surface area contributed by atoms with Gasteiger partial charge in [-0.3, -0.25) is 9.59 Å². The quantitative estimate of drug-likeness (QED) is 0.459. The summed E-state index contributed by atoms with van der Waals surface area (Å²) >= 11 is 1.44. The first kappa shape index (κ1) is 21.1. The van der Waals surface area contributed by atoms with Gasteiger partial charge in [0.2, 0.25) is 0 Å². The van der Waals surface area contributed by atoms with Crippen molar-refractivity contribution in [1.29, 1.82) is 0 Å². The van der Waals surface area contributed by atoms with E-state index in [9.17, 15) is 9.59 Å². The lowest BCUT2D eigenvalue weighted by Gasteiger charge is -2.17. The standard InChI is InChI=1S/C27H25NO2S/c1-17-10-11-23(20(4)13-17)24-25(31-16-21-8-6-5-7-9-21)27(30)28(26(24)29)22-14-18(2)12-19(3)15-22/h5-15H,16H2,1-4H3. The zero-order valence-electron chi connectivity index (χ0n) is 18.2. The van der Waals surface area contributed by atoms with Crippen LogP contribution in [0.3, 0.4) is 0 Å². The van der Waals surface area contributed by atoms with Crippen LogP contribution >= 0.6 is 11.8 Å². The first-order chi connectivity index (χ1) is 14.8. The highest BCUT2D eigenvalue weighted by atomic mass is 32.2. The van der Waals surface area contributed by atoms with Crippen LogP contribution in [-0.4, -0.2) is 11.8 Å². The van der Waals surface area contributed by atoms with Crippen LogP contribution < -0.4 is 4.90 Å². The van der Waals surface area contributed by atoms with Gasteiger partial charge < -0.3 is 0 Å². The summed E-state index contributed by atoms with van der Waals surface area (Å²) in [4.78, 5) is 29.0. The minimum Gasteiger partial charge on any atom is -0.268 e. The molecular weight excluding hydrogens is 402 g/mol. The van der Waals surface area contributed by atoms with Crippen molar-refractivity contribution in [2.75, 3.05) is 4.90 Å². The smallest absolute Gasteiger partial charge is 0.268 e. The molecule has 4 rings (SSSR count). The van der Waals surface area contributed by atoms with E-state index >= 15 is 0 Å². The maximum atomic E-state index is 13.6. The molecule has 0 aliphatic carbocycles. The van der Waals surface area contributed by atoms with Gasteiger partial charge in [-0.25, -0.2) is 4.90 Å². The molecule has 0 fully saturated rings. The van der Waals surface area contributed by atoms with Gasteiger partial charge in [-0.05, 0) is 67.6 Å². The summed E-state index contributed by atoms with van der Waals surface area (Å²) in [6, 6.07) is 21.8. The molecule has 0 spiro atoms. The Morgan fingerprint density at radius 1 is 0.742 bits per heavy atom. The summed E-state index contributed by atoms with van der Waals surface area (Å²) < 4.78 is 0. The van der Waals surface area contributed by atoms with Crippen LogP contribution in [0.15, 0.2) is 71.6 Å². The molecule has 3 aromatic carbocycles. The predicted octanol–water partition coefficient (Wildman–Crippen LogP) is 6.14. The molecule has 0 saturated heterocycles. The van der Waals surface area contributed by atoms with Crippen molar-refractivity contribution in [3.8, 4) is 0 Å². The molecule has 3 nitrogen and oxygen atoms in total. The zero-order valence-corrected chi connectivity index (χ0v) is 19.0. The Morgan fingerprint density at radius 2 is 1.42 bits per heavy atom. The number of rotatable bonds is 5. The van der Waals surface area contributed by atoms with E-state index in [1.54, 1.807) is 0 Å². The van der Waals surface area contributed by atoms with Gasteiger partial charge in [0.15, 0.2) is 0 Å². The van der Waals surface area contributed by atoms with Crippen molar-refractivity contribution < 1.29 is 9.59 Å². The van der Waals surface area contributed by atoms with E-state index in [1.807, 2.05) is 88.4 Å². The highest BCUT2D eigenvalue weighted by Gasteiger charge is 2.40. The maximum absolute atomic E-state index is 13.6. The molecule has 0 aromatic heterocycles. The minimum atomic E-state index is -0.252. The third kappa shape index (κ3) is 4.21. The van der Waals surface area contributed by atoms with Gasteiger partial charge in [0.05, 0.1) is 16.2 Å². The summed E-state index contributed by atoms with van der Waals surface area (Å²) in [5.74, 6) is 0.132. The molecule has 0 unspecified atom stereocenters. The molecule has 2 amide bonds. The summed E-state index contributed by atoms with van der Waals surface area (Å²) in [6.45, 7) is 7.97. The molecule has 0 bridgehead atoms.